The highest BCUT2D eigenvalue weighted by Gasteiger charge is 2.59. The number of hydrogen-bond acceptors (Lipinski definition) is 5. The Bertz CT molecular complexity index is 1080. The number of para-hydroxylation sites is 1. The zero-order chi connectivity index (χ0) is 20.8. The van der Waals surface area contributed by atoms with Crippen LogP contribution in [0.4, 0.5) is 5.69 Å². The van der Waals surface area contributed by atoms with Crippen molar-refractivity contribution in [2.24, 2.45) is 7.05 Å². The van der Waals surface area contributed by atoms with Gasteiger partial charge in [-0.25, -0.2) is 13.1 Å². The third kappa shape index (κ3) is 3.32. The molecule has 2 N–H and O–H groups in total. The number of sulfonamides is 1. The van der Waals surface area contributed by atoms with E-state index in [1.54, 1.807) is 22.8 Å². The van der Waals surface area contributed by atoms with Crippen molar-refractivity contribution in [3.8, 4) is 0 Å². The fourth-order valence-electron chi connectivity index (χ4n) is 4.49. The standard InChI is InChI=1S/C19H23N5O4S/c1-23-12-13(11-20-23)17-19(14-5-3-4-6-15(14)22-18(19)26)8-10-24(17)16(25)7-9-21-29(2,27)28/h3-6,11-12,17,21H,7-10H2,1-2H3,(H,22,26)/t17-,19+/m0/s1. The van der Waals surface area contributed by atoms with Crippen LogP contribution >= 0.6 is 0 Å². The molecule has 2 aliphatic heterocycles. The monoisotopic (exact) mass is 417 g/mol. The molecule has 1 fully saturated rings. The number of benzene rings is 1. The van der Waals surface area contributed by atoms with Gasteiger partial charge in [-0.05, 0) is 18.1 Å². The first-order valence-electron chi connectivity index (χ1n) is 9.36. The van der Waals surface area contributed by atoms with E-state index < -0.39 is 21.5 Å². The third-order valence-corrected chi connectivity index (χ3v) is 6.38. The van der Waals surface area contributed by atoms with Gasteiger partial charge in [0.25, 0.3) is 0 Å². The molecule has 0 unspecified atom stereocenters. The van der Waals surface area contributed by atoms with Gasteiger partial charge < -0.3 is 10.2 Å². The Morgan fingerprint density at radius 1 is 1.38 bits per heavy atom. The lowest BCUT2D eigenvalue weighted by Gasteiger charge is -2.33. The first-order chi connectivity index (χ1) is 13.7. The van der Waals surface area contributed by atoms with Crippen molar-refractivity contribution in [3.05, 3.63) is 47.8 Å². The summed E-state index contributed by atoms with van der Waals surface area (Å²) in [6, 6.07) is 7.04. The minimum Gasteiger partial charge on any atom is -0.334 e. The van der Waals surface area contributed by atoms with Gasteiger partial charge >= 0.3 is 0 Å². The van der Waals surface area contributed by atoms with Crippen LogP contribution < -0.4 is 10.0 Å². The Morgan fingerprint density at radius 2 is 2.14 bits per heavy atom. The van der Waals surface area contributed by atoms with Crippen molar-refractivity contribution < 1.29 is 18.0 Å². The molecule has 9 nitrogen and oxygen atoms in total. The van der Waals surface area contributed by atoms with Crippen molar-refractivity contribution in [3.63, 3.8) is 0 Å². The first kappa shape index (κ1) is 19.6. The molecule has 1 saturated heterocycles. The van der Waals surface area contributed by atoms with Crippen LogP contribution in [-0.4, -0.2) is 54.3 Å². The van der Waals surface area contributed by atoms with E-state index in [4.69, 9.17) is 0 Å². The lowest BCUT2D eigenvalue weighted by Crippen LogP contribution is -2.43. The lowest BCUT2D eigenvalue weighted by molar-refractivity contribution is -0.133. The molecule has 154 valence electrons. The van der Waals surface area contributed by atoms with Gasteiger partial charge in [0.2, 0.25) is 21.8 Å². The Kier molecular flexibility index (Phi) is 4.70. The van der Waals surface area contributed by atoms with E-state index in [2.05, 4.69) is 15.1 Å². The average Bonchev–Trinajstić information content (AvgIpc) is 3.32. The molecule has 0 bridgehead atoms. The smallest absolute Gasteiger partial charge is 0.237 e. The zero-order valence-corrected chi connectivity index (χ0v) is 17.1. The number of amides is 2. The number of rotatable bonds is 5. The molecular formula is C19H23N5O4S. The van der Waals surface area contributed by atoms with Gasteiger partial charge in [-0.15, -0.1) is 0 Å². The van der Waals surface area contributed by atoms with Crippen LogP contribution in [0, 0.1) is 0 Å². The fraction of sp³-hybridized carbons (Fsp3) is 0.421. The second kappa shape index (κ2) is 6.96. The summed E-state index contributed by atoms with van der Waals surface area (Å²) in [6.07, 6.45) is 5.06. The molecule has 0 radical (unpaired) electrons. The molecule has 29 heavy (non-hydrogen) atoms. The molecule has 1 spiro atoms. The minimum absolute atomic E-state index is 0.0170. The van der Waals surface area contributed by atoms with Gasteiger partial charge in [0, 0.05) is 44.0 Å². The Labute approximate surface area is 169 Å². The summed E-state index contributed by atoms with van der Waals surface area (Å²) in [5, 5.41) is 7.20. The summed E-state index contributed by atoms with van der Waals surface area (Å²) in [6.45, 7) is 0.419. The van der Waals surface area contributed by atoms with Gasteiger partial charge in [0.05, 0.1) is 18.5 Å². The van der Waals surface area contributed by atoms with Gasteiger partial charge in [-0.3, -0.25) is 14.3 Å². The molecule has 2 aromatic rings. The van der Waals surface area contributed by atoms with Gasteiger partial charge in [0.1, 0.15) is 5.41 Å². The van der Waals surface area contributed by atoms with Crippen LogP contribution in [0.15, 0.2) is 36.7 Å². The van der Waals surface area contributed by atoms with E-state index in [-0.39, 0.29) is 24.8 Å². The van der Waals surface area contributed by atoms with Gasteiger partial charge in [0.15, 0.2) is 0 Å². The number of carbonyl (C=O) groups excluding carboxylic acids is 2. The van der Waals surface area contributed by atoms with Gasteiger partial charge in [-0.1, -0.05) is 18.2 Å². The number of aryl methyl sites for hydroxylation is 1. The van der Waals surface area contributed by atoms with Gasteiger partial charge in [-0.2, -0.15) is 5.10 Å². The number of nitrogens with zero attached hydrogens (tertiary/aromatic N) is 3. The molecule has 0 saturated carbocycles. The lowest BCUT2D eigenvalue weighted by atomic mass is 9.73. The van der Waals surface area contributed by atoms with Crippen LogP contribution in [0.5, 0.6) is 0 Å². The maximum atomic E-state index is 13.2. The Hall–Kier alpha value is -2.72. The minimum atomic E-state index is -3.37. The summed E-state index contributed by atoms with van der Waals surface area (Å²) in [5.41, 5.74) is 1.53. The maximum Gasteiger partial charge on any atom is 0.237 e. The highest BCUT2D eigenvalue weighted by molar-refractivity contribution is 7.88. The Balaban J connectivity index is 1.71. The van der Waals surface area contributed by atoms with Crippen LogP contribution in [-0.2, 0) is 32.1 Å². The fourth-order valence-corrected chi connectivity index (χ4v) is 4.96. The second-order valence-corrected chi connectivity index (χ2v) is 9.41. The summed E-state index contributed by atoms with van der Waals surface area (Å²) in [4.78, 5) is 27.9. The predicted molar refractivity (Wildman–Crippen MR) is 106 cm³/mol. The molecule has 1 aromatic carbocycles. The highest BCUT2D eigenvalue weighted by atomic mass is 32.2. The zero-order valence-electron chi connectivity index (χ0n) is 16.3. The number of hydrogen-bond donors (Lipinski definition) is 2. The van der Waals surface area contributed by atoms with E-state index >= 15 is 0 Å². The Morgan fingerprint density at radius 3 is 2.83 bits per heavy atom. The number of fused-ring (bicyclic) bond motifs is 2. The van der Waals surface area contributed by atoms with E-state index in [1.165, 1.54) is 0 Å². The maximum absolute atomic E-state index is 13.2. The van der Waals surface area contributed by atoms with Crippen molar-refractivity contribution in [2.45, 2.75) is 24.3 Å². The summed E-state index contributed by atoms with van der Waals surface area (Å²) in [7, 11) is -1.59. The van der Waals surface area contributed by atoms with Crippen LogP contribution in [0.25, 0.3) is 0 Å². The molecule has 0 aliphatic carbocycles. The van der Waals surface area contributed by atoms with Crippen molar-refractivity contribution in [2.75, 3.05) is 24.7 Å². The normalized spacial score (nSPS) is 23.4. The summed E-state index contributed by atoms with van der Waals surface area (Å²) >= 11 is 0. The summed E-state index contributed by atoms with van der Waals surface area (Å²) < 4.78 is 26.6. The van der Waals surface area contributed by atoms with Crippen LogP contribution in [0.3, 0.4) is 0 Å². The molecule has 10 heteroatoms. The number of nitrogens with one attached hydrogen (secondary N) is 2. The van der Waals surface area contributed by atoms with E-state index in [0.29, 0.717) is 13.0 Å². The number of carbonyl (C=O) groups is 2. The largest absolute Gasteiger partial charge is 0.334 e. The average molecular weight is 417 g/mol. The van der Waals surface area contributed by atoms with Crippen molar-refractivity contribution in [1.82, 2.24) is 19.4 Å². The van der Waals surface area contributed by atoms with E-state index in [0.717, 1.165) is 23.1 Å². The third-order valence-electron chi connectivity index (χ3n) is 5.65. The second-order valence-electron chi connectivity index (χ2n) is 7.57. The molecule has 3 heterocycles. The predicted octanol–water partition coefficient (Wildman–Crippen LogP) is 0.523. The molecule has 2 atom stereocenters. The highest BCUT2D eigenvalue weighted by Crippen LogP contribution is 2.54. The number of likely N-dealkylation sites (tertiary alicyclic amines) is 1. The quantitative estimate of drug-likeness (QED) is 0.737. The number of aromatic nitrogens is 2. The molecule has 4 rings (SSSR count). The summed E-state index contributed by atoms with van der Waals surface area (Å²) in [5.74, 6) is -0.332. The van der Waals surface area contributed by atoms with Crippen molar-refractivity contribution >= 4 is 27.5 Å². The molecule has 2 amide bonds. The topological polar surface area (TPSA) is 113 Å². The van der Waals surface area contributed by atoms with Crippen molar-refractivity contribution in [1.29, 1.82) is 0 Å². The van der Waals surface area contributed by atoms with Crippen LogP contribution in [0.2, 0.25) is 0 Å². The number of anilines is 1. The molecule has 1 aromatic heterocycles. The molecular weight excluding hydrogens is 394 g/mol. The molecule has 2 aliphatic rings. The SMILES string of the molecule is Cn1cc([C@@H]2N(C(=O)CCNS(C)(=O)=O)CC[C@]23C(=O)Nc2ccccc23)cn1. The van der Waals surface area contributed by atoms with E-state index in [1.807, 2.05) is 30.5 Å². The van der Waals surface area contributed by atoms with E-state index in [9.17, 15) is 18.0 Å². The first-order valence-corrected chi connectivity index (χ1v) is 11.2. The van der Waals surface area contributed by atoms with Crippen LogP contribution in [0.1, 0.15) is 30.0 Å².